The summed E-state index contributed by atoms with van der Waals surface area (Å²) in [6.07, 6.45) is 5.99. The molecule has 4 aromatic rings. The van der Waals surface area contributed by atoms with Gasteiger partial charge in [0.15, 0.2) is 5.65 Å². The molecule has 5 rings (SSSR count). The highest BCUT2D eigenvalue weighted by molar-refractivity contribution is 5.89. The lowest BCUT2D eigenvalue weighted by molar-refractivity contribution is -0.0829. The van der Waals surface area contributed by atoms with E-state index in [9.17, 15) is 4.79 Å². The zero-order valence-corrected chi connectivity index (χ0v) is 16.6. The fourth-order valence-corrected chi connectivity index (χ4v) is 3.56. The maximum absolute atomic E-state index is 12.8. The second-order valence-electron chi connectivity index (χ2n) is 7.08. The van der Waals surface area contributed by atoms with E-state index in [2.05, 4.69) is 27.2 Å². The number of hydroxylamine groups is 2. The molecule has 31 heavy (non-hydrogen) atoms. The Labute approximate surface area is 179 Å². The normalized spacial score (nSPS) is 15.5. The van der Waals surface area contributed by atoms with Gasteiger partial charge in [0.25, 0.3) is 0 Å². The van der Waals surface area contributed by atoms with E-state index in [1.54, 1.807) is 16.9 Å². The van der Waals surface area contributed by atoms with Crippen molar-refractivity contribution in [1.29, 1.82) is 0 Å². The summed E-state index contributed by atoms with van der Waals surface area (Å²) in [6, 6.07) is 18.7. The molecule has 7 nitrogen and oxygen atoms in total. The number of rotatable bonds is 2. The Hall–Kier alpha value is -4.15. The summed E-state index contributed by atoms with van der Waals surface area (Å²) in [5.41, 5.74) is 3.92. The SMILES string of the molecule is O=C(Nc1cccc(C#Cc2cnn3cccnc23)c1)N1OCC[C@@H]1c1ccccc1. The highest BCUT2D eigenvalue weighted by atomic mass is 16.7. The maximum atomic E-state index is 12.8. The molecule has 152 valence electrons. The number of benzene rings is 2. The number of nitrogens with zero attached hydrogens (tertiary/aromatic N) is 4. The van der Waals surface area contributed by atoms with Gasteiger partial charge < -0.3 is 5.32 Å². The van der Waals surface area contributed by atoms with Crippen molar-refractivity contribution < 1.29 is 9.63 Å². The quantitative estimate of drug-likeness (QED) is 0.507. The van der Waals surface area contributed by atoms with Gasteiger partial charge in [0.2, 0.25) is 0 Å². The molecular formula is C24H19N5O2. The molecule has 2 aromatic carbocycles. The number of amides is 2. The van der Waals surface area contributed by atoms with E-state index in [4.69, 9.17) is 4.84 Å². The highest BCUT2D eigenvalue weighted by Crippen LogP contribution is 2.30. The van der Waals surface area contributed by atoms with Gasteiger partial charge in [-0.05, 0) is 29.8 Å². The number of anilines is 1. The van der Waals surface area contributed by atoms with Crippen molar-refractivity contribution in [3.05, 3.63) is 95.9 Å². The van der Waals surface area contributed by atoms with E-state index >= 15 is 0 Å². The molecule has 0 saturated carbocycles. The van der Waals surface area contributed by atoms with E-state index in [1.165, 1.54) is 5.06 Å². The molecule has 0 unspecified atom stereocenters. The number of carbonyl (C=O) groups is 1. The zero-order valence-electron chi connectivity index (χ0n) is 16.6. The van der Waals surface area contributed by atoms with Gasteiger partial charge in [-0.15, -0.1) is 0 Å². The minimum absolute atomic E-state index is 0.104. The second-order valence-corrected chi connectivity index (χ2v) is 7.08. The molecule has 0 aliphatic carbocycles. The van der Waals surface area contributed by atoms with Crippen LogP contribution in [0.3, 0.4) is 0 Å². The minimum atomic E-state index is -0.303. The highest BCUT2D eigenvalue weighted by Gasteiger charge is 2.31. The van der Waals surface area contributed by atoms with Gasteiger partial charge in [0.05, 0.1) is 24.4 Å². The first kappa shape index (κ1) is 18.9. The van der Waals surface area contributed by atoms with Gasteiger partial charge >= 0.3 is 6.03 Å². The predicted octanol–water partition coefficient (Wildman–Crippen LogP) is 4.04. The van der Waals surface area contributed by atoms with Crippen LogP contribution in [0.25, 0.3) is 5.65 Å². The maximum Gasteiger partial charge on any atom is 0.346 e. The second kappa shape index (κ2) is 8.30. The van der Waals surface area contributed by atoms with Crippen molar-refractivity contribution in [3.8, 4) is 11.8 Å². The lowest BCUT2D eigenvalue weighted by Crippen LogP contribution is -2.33. The lowest BCUT2D eigenvalue weighted by Gasteiger charge is -2.23. The monoisotopic (exact) mass is 409 g/mol. The van der Waals surface area contributed by atoms with Crippen molar-refractivity contribution in [2.75, 3.05) is 11.9 Å². The van der Waals surface area contributed by atoms with Crippen LogP contribution in [0.15, 0.2) is 79.3 Å². The van der Waals surface area contributed by atoms with Crippen molar-refractivity contribution in [2.45, 2.75) is 12.5 Å². The third kappa shape index (κ3) is 3.97. The molecule has 2 amide bonds. The molecular weight excluding hydrogens is 390 g/mol. The Morgan fingerprint density at radius 2 is 2.00 bits per heavy atom. The van der Waals surface area contributed by atoms with Crippen molar-refractivity contribution in [3.63, 3.8) is 0 Å². The van der Waals surface area contributed by atoms with E-state index in [0.29, 0.717) is 17.9 Å². The molecule has 1 aliphatic rings. The molecule has 2 aromatic heterocycles. The van der Waals surface area contributed by atoms with Crippen LogP contribution >= 0.6 is 0 Å². The Morgan fingerprint density at radius 3 is 2.90 bits per heavy atom. The summed E-state index contributed by atoms with van der Waals surface area (Å²) < 4.78 is 1.68. The van der Waals surface area contributed by atoms with Crippen LogP contribution in [0, 0.1) is 11.8 Å². The standard InChI is InChI=1S/C24H19N5O2/c30-24(29-22(12-15-31-29)19-7-2-1-3-8-19)27-21-9-4-6-18(16-21)10-11-20-17-26-28-14-5-13-25-23(20)28/h1-9,13-14,16-17,22H,12,15H2,(H,27,30)/t22-/m1/s1. The zero-order chi connectivity index (χ0) is 21.0. The van der Waals surface area contributed by atoms with Gasteiger partial charge in [-0.2, -0.15) is 10.2 Å². The number of aromatic nitrogens is 3. The summed E-state index contributed by atoms with van der Waals surface area (Å²) in [7, 11) is 0. The van der Waals surface area contributed by atoms with Gasteiger partial charge in [-0.25, -0.2) is 14.3 Å². The number of hydrogen-bond acceptors (Lipinski definition) is 4. The third-order valence-corrected chi connectivity index (χ3v) is 5.02. The van der Waals surface area contributed by atoms with E-state index < -0.39 is 0 Å². The summed E-state index contributed by atoms with van der Waals surface area (Å²) in [5, 5.41) is 8.57. The molecule has 7 heteroatoms. The van der Waals surface area contributed by atoms with Gasteiger partial charge in [-0.1, -0.05) is 48.2 Å². The van der Waals surface area contributed by atoms with Crippen molar-refractivity contribution in [2.24, 2.45) is 0 Å². The number of fused-ring (bicyclic) bond motifs is 1. The van der Waals surface area contributed by atoms with Gasteiger partial charge in [0, 0.05) is 30.1 Å². The van der Waals surface area contributed by atoms with E-state index in [1.807, 2.05) is 66.9 Å². The molecule has 0 radical (unpaired) electrons. The van der Waals surface area contributed by atoms with Crippen molar-refractivity contribution in [1.82, 2.24) is 19.7 Å². The molecule has 3 heterocycles. The number of nitrogens with one attached hydrogen (secondary N) is 1. The Morgan fingerprint density at radius 1 is 1.10 bits per heavy atom. The molecule has 1 N–H and O–H groups in total. The number of hydrogen-bond donors (Lipinski definition) is 1. The van der Waals surface area contributed by atoms with Crippen LogP contribution in [-0.4, -0.2) is 32.3 Å². The predicted molar refractivity (Wildman–Crippen MR) is 116 cm³/mol. The summed E-state index contributed by atoms with van der Waals surface area (Å²) >= 11 is 0. The largest absolute Gasteiger partial charge is 0.346 e. The number of urea groups is 1. The van der Waals surface area contributed by atoms with Crippen LogP contribution in [-0.2, 0) is 4.84 Å². The van der Waals surface area contributed by atoms with Gasteiger partial charge in [0.1, 0.15) is 0 Å². The summed E-state index contributed by atoms with van der Waals surface area (Å²) in [6.45, 7) is 0.506. The first-order chi connectivity index (χ1) is 15.3. The van der Waals surface area contributed by atoms with Crippen LogP contribution in [0.5, 0.6) is 0 Å². The smallest absolute Gasteiger partial charge is 0.306 e. The molecule has 1 aliphatic heterocycles. The summed E-state index contributed by atoms with van der Waals surface area (Å²) in [5.74, 6) is 6.22. The first-order valence-electron chi connectivity index (χ1n) is 9.96. The Balaban J connectivity index is 1.32. The summed E-state index contributed by atoms with van der Waals surface area (Å²) in [4.78, 5) is 22.7. The molecule has 1 fully saturated rings. The van der Waals surface area contributed by atoms with Crippen LogP contribution in [0.4, 0.5) is 10.5 Å². The molecule has 1 atom stereocenters. The van der Waals surface area contributed by atoms with Crippen molar-refractivity contribution >= 4 is 17.4 Å². The average Bonchev–Trinajstić information content (AvgIpc) is 3.46. The van der Waals surface area contributed by atoms with E-state index in [-0.39, 0.29) is 12.1 Å². The topological polar surface area (TPSA) is 71.8 Å². The lowest BCUT2D eigenvalue weighted by atomic mass is 10.1. The van der Waals surface area contributed by atoms with Crippen LogP contribution in [0.1, 0.15) is 29.2 Å². The fourth-order valence-electron chi connectivity index (χ4n) is 3.56. The third-order valence-electron chi connectivity index (χ3n) is 5.02. The first-order valence-corrected chi connectivity index (χ1v) is 9.96. The fraction of sp³-hybridized carbons (Fsp3) is 0.125. The molecule has 1 saturated heterocycles. The Bertz CT molecular complexity index is 1290. The average molecular weight is 409 g/mol. The van der Waals surface area contributed by atoms with E-state index in [0.717, 1.165) is 23.1 Å². The molecule has 0 spiro atoms. The van der Waals surface area contributed by atoms with Crippen LogP contribution in [0.2, 0.25) is 0 Å². The Kier molecular flexibility index (Phi) is 5.05. The van der Waals surface area contributed by atoms with Crippen LogP contribution < -0.4 is 5.32 Å². The number of carbonyl (C=O) groups excluding carboxylic acids is 1. The van der Waals surface area contributed by atoms with Gasteiger partial charge in [-0.3, -0.25) is 4.84 Å². The molecule has 0 bridgehead atoms. The minimum Gasteiger partial charge on any atom is -0.306 e.